The first-order valence-electron chi connectivity index (χ1n) is 7.93. The van der Waals surface area contributed by atoms with E-state index >= 15 is 0 Å². The van der Waals surface area contributed by atoms with Crippen molar-refractivity contribution in [2.75, 3.05) is 25.1 Å². The molecule has 0 aliphatic rings. The Morgan fingerprint density at radius 1 is 1.08 bits per heavy atom. The summed E-state index contributed by atoms with van der Waals surface area (Å²) in [5.41, 5.74) is 1.40. The van der Waals surface area contributed by atoms with Crippen molar-refractivity contribution in [3.8, 4) is 0 Å². The summed E-state index contributed by atoms with van der Waals surface area (Å²) in [6.07, 6.45) is 0. The van der Waals surface area contributed by atoms with Crippen molar-refractivity contribution in [2.45, 2.75) is 6.92 Å². The van der Waals surface area contributed by atoms with E-state index in [1.165, 1.54) is 18.9 Å². The summed E-state index contributed by atoms with van der Waals surface area (Å²) < 4.78 is 4.65. The second kappa shape index (κ2) is 9.01. The van der Waals surface area contributed by atoms with E-state index in [4.69, 9.17) is 11.6 Å². The normalized spacial score (nSPS) is 10.1. The zero-order valence-electron chi connectivity index (χ0n) is 14.5. The van der Waals surface area contributed by atoms with E-state index in [1.54, 1.807) is 48.5 Å². The van der Waals surface area contributed by atoms with Gasteiger partial charge >= 0.3 is 5.97 Å². The third-order valence-corrected chi connectivity index (χ3v) is 4.05. The highest BCUT2D eigenvalue weighted by Crippen LogP contribution is 2.17. The Bertz CT molecular complexity index is 805. The first kappa shape index (κ1) is 19.5. The molecule has 2 aromatic carbocycles. The quantitative estimate of drug-likeness (QED) is 0.789. The van der Waals surface area contributed by atoms with Gasteiger partial charge < -0.3 is 15.0 Å². The lowest BCUT2D eigenvalue weighted by Crippen LogP contribution is -2.37. The number of hydrogen-bond donors (Lipinski definition) is 1. The van der Waals surface area contributed by atoms with Crippen LogP contribution in [0.3, 0.4) is 0 Å². The molecule has 0 atom stereocenters. The van der Waals surface area contributed by atoms with Gasteiger partial charge in [-0.2, -0.15) is 0 Å². The van der Waals surface area contributed by atoms with Crippen LogP contribution in [0.4, 0.5) is 5.69 Å². The van der Waals surface area contributed by atoms with Crippen molar-refractivity contribution >= 4 is 35.1 Å². The molecule has 0 heterocycles. The minimum absolute atomic E-state index is 0.178. The van der Waals surface area contributed by atoms with E-state index in [2.05, 4.69) is 10.1 Å². The van der Waals surface area contributed by atoms with Crippen LogP contribution in [-0.2, 0) is 9.53 Å². The fourth-order valence-electron chi connectivity index (χ4n) is 2.39. The summed E-state index contributed by atoms with van der Waals surface area (Å²) in [6.45, 7) is 1.97. The molecule has 0 spiro atoms. The van der Waals surface area contributed by atoms with Gasteiger partial charge in [-0.15, -0.1) is 0 Å². The lowest BCUT2D eigenvalue weighted by molar-refractivity contribution is -0.116. The third kappa shape index (κ3) is 4.83. The summed E-state index contributed by atoms with van der Waals surface area (Å²) >= 11 is 6.00. The number of nitrogens with zero attached hydrogens (tertiary/aromatic N) is 1. The number of ether oxygens (including phenoxy) is 1. The molecule has 0 radical (unpaired) electrons. The van der Waals surface area contributed by atoms with Gasteiger partial charge in [-0.25, -0.2) is 4.79 Å². The van der Waals surface area contributed by atoms with E-state index in [-0.39, 0.29) is 24.9 Å². The Labute approximate surface area is 156 Å². The highest BCUT2D eigenvalue weighted by atomic mass is 35.5. The van der Waals surface area contributed by atoms with Gasteiger partial charge in [-0.05, 0) is 36.4 Å². The van der Waals surface area contributed by atoms with E-state index in [0.29, 0.717) is 21.8 Å². The number of methoxy groups -OCH3 is 1. The summed E-state index contributed by atoms with van der Waals surface area (Å²) in [6, 6.07) is 13.2. The smallest absolute Gasteiger partial charge is 0.337 e. The molecule has 0 bridgehead atoms. The zero-order chi connectivity index (χ0) is 19.1. The molecule has 0 unspecified atom stereocenters. The Balaban J connectivity index is 2.00. The molecule has 2 amide bonds. The average molecular weight is 375 g/mol. The second-order valence-corrected chi connectivity index (χ2v) is 5.85. The lowest BCUT2D eigenvalue weighted by Gasteiger charge is -2.21. The van der Waals surface area contributed by atoms with Crippen LogP contribution in [0.2, 0.25) is 5.02 Å². The molecule has 26 heavy (non-hydrogen) atoms. The van der Waals surface area contributed by atoms with Crippen molar-refractivity contribution in [1.82, 2.24) is 5.32 Å². The van der Waals surface area contributed by atoms with E-state index in [9.17, 15) is 14.4 Å². The van der Waals surface area contributed by atoms with Crippen molar-refractivity contribution in [3.63, 3.8) is 0 Å². The number of benzene rings is 2. The predicted octanol–water partition coefficient (Wildman–Crippen LogP) is 2.91. The number of anilines is 1. The van der Waals surface area contributed by atoms with Crippen molar-refractivity contribution in [2.24, 2.45) is 0 Å². The molecule has 0 aliphatic heterocycles. The molecule has 0 aliphatic carbocycles. The summed E-state index contributed by atoms with van der Waals surface area (Å²) in [5, 5.41) is 3.11. The van der Waals surface area contributed by atoms with Crippen LogP contribution in [0, 0.1) is 0 Å². The SMILES string of the molecule is COC(=O)c1ccc(N(CCNC(=O)c2ccccc2Cl)C(C)=O)cc1. The Morgan fingerprint density at radius 2 is 1.73 bits per heavy atom. The Kier molecular flexibility index (Phi) is 6.74. The number of hydrogen-bond acceptors (Lipinski definition) is 4. The van der Waals surface area contributed by atoms with Crippen molar-refractivity contribution < 1.29 is 19.1 Å². The molecule has 2 aromatic rings. The summed E-state index contributed by atoms with van der Waals surface area (Å²) in [7, 11) is 1.31. The van der Waals surface area contributed by atoms with Crippen LogP contribution in [0.5, 0.6) is 0 Å². The predicted molar refractivity (Wildman–Crippen MR) is 99.6 cm³/mol. The first-order chi connectivity index (χ1) is 12.4. The molecule has 2 rings (SSSR count). The molecule has 0 aromatic heterocycles. The lowest BCUT2D eigenvalue weighted by atomic mass is 10.2. The van der Waals surface area contributed by atoms with Gasteiger partial charge in [0.1, 0.15) is 0 Å². The van der Waals surface area contributed by atoms with E-state index in [0.717, 1.165) is 0 Å². The van der Waals surface area contributed by atoms with Crippen LogP contribution >= 0.6 is 11.6 Å². The Morgan fingerprint density at radius 3 is 2.31 bits per heavy atom. The largest absolute Gasteiger partial charge is 0.465 e. The molecule has 7 heteroatoms. The molecule has 6 nitrogen and oxygen atoms in total. The summed E-state index contributed by atoms with van der Waals surface area (Å²) in [4.78, 5) is 37.1. The maximum absolute atomic E-state index is 12.2. The molecular formula is C19H19ClN2O4. The number of carbonyl (C=O) groups is 3. The standard InChI is InChI=1S/C19H19ClN2O4/c1-13(23)22(15-9-7-14(8-10-15)19(25)26-2)12-11-21-18(24)16-5-3-4-6-17(16)20/h3-10H,11-12H2,1-2H3,(H,21,24). The fraction of sp³-hybridized carbons (Fsp3) is 0.211. The highest BCUT2D eigenvalue weighted by Gasteiger charge is 2.14. The van der Waals surface area contributed by atoms with Gasteiger partial charge in [0.05, 0.1) is 23.3 Å². The van der Waals surface area contributed by atoms with Crippen molar-refractivity contribution in [3.05, 3.63) is 64.7 Å². The molecule has 0 saturated carbocycles. The maximum atomic E-state index is 12.2. The van der Waals surface area contributed by atoms with Gasteiger partial charge in [0.25, 0.3) is 5.91 Å². The molecule has 136 valence electrons. The van der Waals surface area contributed by atoms with Crippen LogP contribution in [-0.4, -0.2) is 38.0 Å². The molecule has 0 saturated heterocycles. The van der Waals surface area contributed by atoms with Crippen LogP contribution < -0.4 is 10.2 Å². The number of halogens is 1. The highest BCUT2D eigenvalue weighted by molar-refractivity contribution is 6.33. The second-order valence-electron chi connectivity index (χ2n) is 5.44. The van der Waals surface area contributed by atoms with Crippen molar-refractivity contribution in [1.29, 1.82) is 0 Å². The van der Waals surface area contributed by atoms with Crippen LogP contribution in [0.1, 0.15) is 27.6 Å². The average Bonchev–Trinajstić information content (AvgIpc) is 2.64. The number of rotatable bonds is 6. The number of nitrogens with one attached hydrogen (secondary N) is 1. The fourth-order valence-corrected chi connectivity index (χ4v) is 2.61. The monoisotopic (exact) mass is 374 g/mol. The third-order valence-electron chi connectivity index (χ3n) is 3.72. The topological polar surface area (TPSA) is 75.7 Å². The van der Waals surface area contributed by atoms with E-state index in [1.807, 2.05) is 0 Å². The van der Waals surface area contributed by atoms with E-state index < -0.39 is 5.97 Å². The zero-order valence-corrected chi connectivity index (χ0v) is 15.2. The Hall–Kier alpha value is -2.86. The maximum Gasteiger partial charge on any atom is 0.337 e. The molecular weight excluding hydrogens is 356 g/mol. The minimum atomic E-state index is -0.446. The number of carbonyl (C=O) groups excluding carboxylic acids is 3. The van der Waals surface area contributed by atoms with Gasteiger partial charge in [-0.1, -0.05) is 23.7 Å². The van der Waals surface area contributed by atoms with Gasteiger partial charge in [0, 0.05) is 25.7 Å². The van der Waals surface area contributed by atoms with Crippen LogP contribution in [0.15, 0.2) is 48.5 Å². The van der Waals surface area contributed by atoms with Crippen LogP contribution in [0.25, 0.3) is 0 Å². The molecule has 0 fully saturated rings. The first-order valence-corrected chi connectivity index (χ1v) is 8.31. The van der Waals surface area contributed by atoms with Gasteiger partial charge in [-0.3, -0.25) is 9.59 Å². The van der Waals surface area contributed by atoms with Gasteiger partial charge in [0.2, 0.25) is 5.91 Å². The number of esters is 1. The minimum Gasteiger partial charge on any atom is -0.465 e. The number of amides is 2. The summed E-state index contributed by atoms with van der Waals surface area (Å²) in [5.74, 6) is -0.930. The van der Waals surface area contributed by atoms with Gasteiger partial charge in [0.15, 0.2) is 0 Å². The molecule has 1 N–H and O–H groups in total.